The number of benzene rings is 1. The van der Waals surface area contributed by atoms with Gasteiger partial charge in [-0.1, -0.05) is 18.2 Å². The molecule has 0 fully saturated rings. The predicted molar refractivity (Wildman–Crippen MR) is 77.1 cm³/mol. The molecule has 4 heteroatoms. The highest BCUT2D eigenvalue weighted by Crippen LogP contribution is 2.20. The molecule has 0 radical (unpaired) electrons. The van der Waals surface area contributed by atoms with Gasteiger partial charge in [-0.2, -0.15) is 0 Å². The molecule has 0 saturated heterocycles. The Bertz CT molecular complexity index is 516. The summed E-state index contributed by atoms with van der Waals surface area (Å²) < 4.78 is 7.30. The number of rotatable bonds is 7. The molecule has 0 bridgehead atoms. The second-order valence-electron chi connectivity index (χ2n) is 4.83. The third-order valence-corrected chi connectivity index (χ3v) is 3.41. The van der Waals surface area contributed by atoms with E-state index >= 15 is 0 Å². The number of fused-ring (bicyclic) bond motifs is 1. The SMILES string of the molecule is COCC(CCO)NCc1cn(C)c2ccccc12. The number of aliphatic hydroxyl groups excluding tert-OH is 1. The van der Waals surface area contributed by atoms with E-state index in [4.69, 9.17) is 9.84 Å². The van der Waals surface area contributed by atoms with Gasteiger partial charge in [0.25, 0.3) is 0 Å². The van der Waals surface area contributed by atoms with Gasteiger partial charge in [0.15, 0.2) is 0 Å². The van der Waals surface area contributed by atoms with Crippen molar-refractivity contribution in [2.24, 2.45) is 7.05 Å². The molecule has 0 aliphatic carbocycles. The van der Waals surface area contributed by atoms with Gasteiger partial charge in [0.05, 0.1) is 6.61 Å². The Morgan fingerprint density at radius 1 is 1.37 bits per heavy atom. The molecule has 1 unspecified atom stereocenters. The number of aromatic nitrogens is 1. The molecule has 0 amide bonds. The highest BCUT2D eigenvalue weighted by atomic mass is 16.5. The van der Waals surface area contributed by atoms with Crippen LogP contribution in [0.15, 0.2) is 30.5 Å². The van der Waals surface area contributed by atoms with Gasteiger partial charge in [-0.3, -0.25) is 0 Å². The van der Waals surface area contributed by atoms with E-state index in [1.54, 1.807) is 7.11 Å². The van der Waals surface area contributed by atoms with Crippen LogP contribution in [0.2, 0.25) is 0 Å². The fourth-order valence-corrected chi connectivity index (χ4v) is 2.42. The lowest BCUT2D eigenvalue weighted by Gasteiger charge is -2.16. The molecule has 104 valence electrons. The van der Waals surface area contributed by atoms with Crippen molar-refractivity contribution in [2.45, 2.75) is 19.0 Å². The second-order valence-corrected chi connectivity index (χ2v) is 4.83. The summed E-state index contributed by atoms with van der Waals surface area (Å²) in [6.07, 6.45) is 2.86. The number of nitrogens with zero attached hydrogens (tertiary/aromatic N) is 1. The first-order valence-electron chi connectivity index (χ1n) is 6.62. The Morgan fingerprint density at radius 3 is 2.89 bits per heavy atom. The lowest BCUT2D eigenvalue weighted by atomic mass is 10.1. The predicted octanol–water partition coefficient (Wildman–Crippen LogP) is 1.67. The van der Waals surface area contributed by atoms with Crippen molar-refractivity contribution >= 4 is 10.9 Å². The average molecular weight is 262 g/mol. The fourth-order valence-electron chi connectivity index (χ4n) is 2.42. The minimum atomic E-state index is 0.177. The van der Waals surface area contributed by atoms with Crippen molar-refractivity contribution in [3.05, 3.63) is 36.0 Å². The number of ether oxygens (including phenoxy) is 1. The van der Waals surface area contributed by atoms with Crippen LogP contribution in [0.1, 0.15) is 12.0 Å². The number of aryl methyl sites for hydroxylation is 1. The van der Waals surface area contributed by atoms with Crippen molar-refractivity contribution in [3.8, 4) is 0 Å². The molecule has 0 saturated carbocycles. The van der Waals surface area contributed by atoms with Crippen LogP contribution < -0.4 is 5.32 Å². The molecule has 2 N–H and O–H groups in total. The molecule has 1 aromatic heterocycles. The van der Waals surface area contributed by atoms with Crippen LogP contribution in [-0.2, 0) is 18.3 Å². The van der Waals surface area contributed by atoms with Gasteiger partial charge < -0.3 is 19.7 Å². The summed E-state index contributed by atoms with van der Waals surface area (Å²) in [7, 11) is 3.75. The van der Waals surface area contributed by atoms with E-state index in [0.29, 0.717) is 13.0 Å². The summed E-state index contributed by atoms with van der Waals surface area (Å²) in [5.41, 5.74) is 2.52. The van der Waals surface area contributed by atoms with Crippen LogP contribution in [0.3, 0.4) is 0 Å². The lowest BCUT2D eigenvalue weighted by molar-refractivity contribution is 0.148. The van der Waals surface area contributed by atoms with Crippen molar-refractivity contribution in [2.75, 3.05) is 20.3 Å². The minimum Gasteiger partial charge on any atom is -0.396 e. The molecule has 0 aliphatic heterocycles. The molecule has 1 atom stereocenters. The summed E-state index contributed by atoms with van der Waals surface area (Å²) in [4.78, 5) is 0. The van der Waals surface area contributed by atoms with Crippen molar-refractivity contribution in [3.63, 3.8) is 0 Å². The van der Waals surface area contributed by atoms with E-state index in [1.165, 1.54) is 16.5 Å². The number of hydrogen-bond acceptors (Lipinski definition) is 3. The Hall–Kier alpha value is -1.36. The quantitative estimate of drug-likeness (QED) is 0.798. The standard InChI is InChI=1S/C15H22N2O2/c1-17-10-12(14-5-3-4-6-15(14)17)9-16-13(7-8-18)11-19-2/h3-6,10,13,16,18H,7-9,11H2,1-2H3. The number of para-hydroxylation sites is 1. The highest BCUT2D eigenvalue weighted by molar-refractivity contribution is 5.83. The lowest BCUT2D eigenvalue weighted by Crippen LogP contribution is -2.33. The molecular formula is C15H22N2O2. The molecular weight excluding hydrogens is 240 g/mol. The maximum atomic E-state index is 9.04. The smallest absolute Gasteiger partial charge is 0.0616 e. The highest BCUT2D eigenvalue weighted by Gasteiger charge is 2.10. The summed E-state index contributed by atoms with van der Waals surface area (Å²) in [5, 5.41) is 13.8. The van der Waals surface area contributed by atoms with Crippen molar-refractivity contribution in [1.29, 1.82) is 0 Å². The monoisotopic (exact) mass is 262 g/mol. The van der Waals surface area contributed by atoms with Gasteiger partial charge in [0.1, 0.15) is 0 Å². The zero-order valence-corrected chi connectivity index (χ0v) is 11.6. The molecule has 1 aromatic carbocycles. The van der Waals surface area contributed by atoms with Crippen molar-refractivity contribution < 1.29 is 9.84 Å². The topological polar surface area (TPSA) is 46.4 Å². The van der Waals surface area contributed by atoms with Gasteiger partial charge in [-0.15, -0.1) is 0 Å². The second kappa shape index (κ2) is 6.70. The van der Waals surface area contributed by atoms with Crippen LogP contribution in [0.5, 0.6) is 0 Å². The zero-order chi connectivity index (χ0) is 13.7. The van der Waals surface area contributed by atoms with E-state index in [0.717, 1.165) is 6.54 Å². The van der Waals surface area contributed by atoms with Crippen LogP contribution in [0.4, 0.5) is 0 Å². The average Bonchev–Trinajstić information content (AvgIpc) is 2.74. The van der Waals surface area contributed by atoms with Crippen molar-refractivity contribution in [1.82, 2.24) is 9.88 Å². The first kappa shape index (κ1) is 14.1. The Balaban J connectivity index is 2.08. The number of hydrogen-bond donors (Lipinski definition) is 2. The van der Waals surface area contributed by atoms with Crippen LogP contribution in [0.25, 0.3) is 10.9 Å². The van der Waals surface area contributed by atoms with Gasteiger partial charge >= 0.3 is 0 Å². The van der Waals surface area contributed by atoms with E-state index in [-0.39, 0.29) is 12.6 Å². The first-order chi connectivity index (χ1) is 9.26. The Morgan fingerprint density at radius 2 is 2.16 bits per heavy atom. The number of aliphatic hydroxyl groups is 1. The maximum absolute atomic E-state index is 9.04. The molecule has 19 heavy (non-hydrogen) atoms. The molecule has 4 nitrogen and oxygen atoms in total. The summed E-state index contributed by atoms with van der Waals surface area (Å²) in [5.74, 6) is 0. The zero-order valence-electron chi connectivity index (χ0n) is 11.6. The third-order valence-electron chi connectivity index (χ3n) is 3.41. The summed E-state index contributed by atoms with van der Waals surface area (Å²) in [6, 6.07) is 8.57. The number of methoxy groups -OCH3 is 1. The van der Waals surface area contributed by atoms with Crippen LogP contribution in [0, 0.1) is 0 Å². The third kappa shape index (κ3) is 3.35. The van der Waals surface area contributed by atoms with Gasteiger partial charge in [0.2, 0.25) is 0 Å². The van der Waals surface area contributed by atoms with E-state index < -0.39 is 0 Å². The first-order valence-corrected chi connectivity index (χ1v) is 6.62. The normalized spacial score (nSPS) is 13.0. The van der Waals surface area contributed by atoms with E-state index in [1.807, 2.05) is 0 Å². The van der Waals surface area contributed by atoms with E-state index in [2.05, 4.69) is 47.4 Å². The molecule has 0 spiro atoms. The maximum Gasteiger partial charge on any atom is 0.0616 e. The Labute approximate surface area is 114 Å². The molecule has 1 heterocycles. The van der Waals surface area contributed by atoms with Gasteiger partial charge in [-0.25, -0.2) is 0 Å². The summed E-state index contributed by atoms with van der Waals surface area (Å²) >= 11 is 0. The summed E-state index contributed by atoms with van der Waals surface area (Å²) in [6.45, 7) is 1.58. The number of nitrogens with one attached hydrogen (secondary N) is 1. The minimum absolute atomic E-state index is 0.177. The molecule has 2 aromatic rings. The van der Waals surface area contributed by atoms with Gasteiger partial charge in [-0.05, 0) is 18.1 Å². The largest absolute Gasteiger partial charge is 0.396 e. The van der Waals surface area contributed by atoms with Gasteiger partial charge in [0, 0.05) is 50.5 Å². The van der Waals surface area contributed by atoms with Crippen LogP contribution >= 0.6 is 0 Å². The molecule has 0 aliphatic rings. The van der Waals surface area contributed by atoms with Crippen LogP contribution in [-0.4, -0.2) is 36.0 Å². The Kier molecular flexibility index (Phi) is 4.96. The van der Waals surface area contributed by atoms with E-state index in [9.17, 15) is 0 Å². The molecule has 2 rings (SSSR count). The fraction of sp³-hybridized carbons (Fsp3) is 0.467.